The molecule has 0 fully saturated rings. The van der Waals surface area contributed by atoms with Crippen LogP contribution >= 0.6 is 11.6 Å². The molecule has 1 N–H and O–H groups in total. The topological polar surface area (TPSA) is 60.5 Å². The van der Waals surface area contributed by atoms with Crippen molar-refractivity contribution in [1.29, 1.82) is 0 Å². The first-order valence-corrected chi connectivity index (χ1v) is 8.46. The van der Waals surface area contributed by atoms with E-state index in [1.165, 1.54) is 6.20 Å². The number of carbonyl (C=O) groups excluding carboxylic acids is 1. The maximum absolute atomic E-state index is 12.2. The van der Waals surface area contributed by atoms with E-state index in [-0.39, 0.29) is 5.91 Å². The van der Waals surface area contributed by atoms with Crippen molar-refractivity contribution in [2.24, 2.45) is 0 Å². The highest BCUT2D eigenvalue weighted by Gasteiger charge is 2.11. The van der Waals surface area contributed by atoms with Gasteiger partial charge in [0.15, 0.2) is 11.5 Å². The average molecular weight is 369 g/mol. The van der Waals surface area contributed by atoms with Crippen molar-refractivity contribution in [3.63, 3.8) is 0 Å². The molecule has 2 aromatic carbocycles. The molecule has 0 saturated heterocycles. The molecule has 0 saturated carbocycles. The summed E-state index contributed by atoms with van der Waals surface area (Å²) in [5.74, 6) is 1.42. The smallest absolute Gasteiger partial charge is 0.257 e. The van der Waals surface area contributed by atoms with Gasteiger partial charge in [0.25, 0.3) is 5.91 Å². The number of halogens is 1. The van der Waals surface area contributed by atoms with Gasteiger partial charge in [-0.05, 0) is 49.4 Å². The Labute approximate surface area is 156 Å². The molecule has 1 heterocycles. The highest BCUT2D eigenvalue weighted by molar-refractivity contribution is 6.32. The molecule has 26 heavy (non-hydrogen) atoms. The van der Waals surface area contributed by atoms with Crippen LogP contribution in [0.4, 0.5) is 5.69 Å². The largest absolute Gasteiger partial charge is 0.490 e. The Morgan fingerprint density at radius 3 is 2.58 bits per heavy atom. The zero-order valence-electron chi connectivity index (χ0n) is 14.1. The molecular weight excluding hydrogens is 352 g/mol. The zero-order chi connectivity index (χ0) is 18.4. The van der Waals surface area contributed by atoms with E-state index < -0.39 is 0 Å². The fourth-order valence-electron chi connectivity index (χ4n) is 2.29. The first-order valence-electron chi connectivity index (χ1n) is 8.08. The van der Waals surface area contributed by atoms with Gasteiger partial charge in [0.1, 0.15) is 5.75 Å². The van der Waals surface area contributed by atoms with Gasteiger partial charge in [-0.2, -0.15) is 0 Å². The Morgan fingerprint density at radius 2 is 1.88 bits per heavy atom. The summed E-state index contributed by atoms with van der Waals surface area (Å²) in [4.78, 5) is 16.1. The van der Waals surface area contributed by atoms with Gasteiger partial charge in [-0.1, -0.05) is 23.7 Å². The summed E-state index contributed by atoms with van der Waals surface area (Å²) in [7, 11) is 0. The van der Waals surface area contributed by atoms with Crippen LogP contribution in [0.15, 0.2) is 67.0 Å². The van der Waals surface area contributed by atoms with Crippen molar-refractivity contribution in [2.75, 3.05) is 11.9 Å². The molecule has 0 spiro atoms. The predicted molar refractivity (Wildman–Crippen MR) is 101 cm³/mol. The van der Waals surface area contributed by atoms with Gasteiger partial charge in [-0.15, -0.1) is 0 Å². The van der Waals surface area contributed by atoms with Crippen LogP contribution in [0.1, 0.15) is 17.3 Å². The molecule has 1 amide bonds. The number of pyridine rings is 1. The van der Waals surface area contributed by atoms with E-state index in [0.29, 0.717) is 40.1 Å². The summed E-state index contributed by atoms with van der Waals surface area (Å²) in [6.45, 7) is 2.44. The summed E-state index contributed by atoms with van der Waals surface area (Å²) < 4.78 is 11.4. The van der Waals surface area contributed by atoms with Crippen LogP contribution in [0.2, 0.25) is 5.02 Å². The molecule has 3 aromatic rings. The monoisotopic (exact) mass is 368 g/mol. The summed E-state index contributed by atoms with van der Waals surface area (Å²) in [5.41, 5.74) is 1.03. The second-order valence-electron chi connectivity index (χ2n) is 5.32. The maximum Gasteiger partial charge on any atom is 0.257 e. The predicted octanol–water partition coefficient (Wildman–Crippen LogP) is 5.18. The highest BCUT2D eigenvalue weighted by Crippen LogP contribution is 2.36. The molecule has 0 radical (unpaired) electrons. The molecule has 0 aliphatic heterocycles. The number of ether oxygens (including phenoxy) is 2. The highest BCUT2D eigenvalue weighted by atomic mass is 35.5. The lowest BCUT2D eigenvalue weighted by atomic mass is 10.2. The molecule has 5 nitrogen and oxygen atoms in total. The lowest BCUT2D eigenvalue weighted by Crippen LogP contribution is -2.11. The number of rotatable bonds is 6. The molecule has 0 aliphatic carbocycles. The van der Waals surface area contributed by atoms with Gasteiger partial charge in [0.2, 0.25) is 0 Å². The van der Waals surface area contributed by atoms with E-state index in [1.807, 2.05) is 25.1 Å². The molecule has 3 rings (SSSR count). The van der Waals surface area contributed by atoms with E-state index in [4.69, 9.17) is 21.1 Å². The van der Waals surface area contributed by atoms with Gasteiger partial charge in [-0.25, -0.2) is 0 Å². The van der Waals surface area contributed by atoms with Crippen LogP contribution in [-0.4, -0.2) is 17.5 Å². The zero-order valence-corrected chi connectivity index (χ0v) is 14.9. The minimum absolute atomic E-state index is 0.260. The number of hydrogen-bond donors (Lipinski definition) is 1. The van der Waals surface area contributed by atoms with Gasteiger partial charge in [0, 0.05) is 18.1 Å². The first kappa shape index (κ1) is 17.8. The number of para-hydroxylation sites is 2. The fraction of sp³-hybridized carbons (Fsp3) is 0.100. The van der Waals surface area contributed by atoms with E-state index in [2.05, 4.69) is 10.3 Å². The molecule has 6 heteroatoms. The van der Waals surface area contributed by atoms with Gasteiger partial charge in [0.05, 0.1) is 17.2 Å². The van der Waals surface area contributed by atoms with Gasteiger partial charge < -0.3 is 14.8 Å². The number of anilines is 1. The van der Waals surface area contributed by atoms with Crippen molar-refractivity contribution < 1.29 is 14.3 Å². The van der Waals surface area contributed by atoms with Crippen LogP contribution in [0.5, 0.6) is 17.2 Å². The van der Waals surface area contributed by atoms with E-state index in [9.17, 15) is 4.79 Å². The number of nitrogens with one attached hydrogen (secondary N) is 1. The Kier molecular flexibility index (Phi) is 5.71. The van der Waals surface area contributed by atoms with Crippen LogP contribution < -0.4 is 14.8 Å². The van der Waals surface area contributed by atoms with Crippen LogP contribution in [0, 0.1) is 0 Å². The molecular formula is C20H17ClN2O3. The standard InChI is InChI=1S/C20H17ClN2O3/c1-2-25-18-7-3-4-8-19(18)26-17-10-9-15(12-16(17)21)23-20(24)14-6-5-11-22-13-14/h3-13H,2H2,1H3,(H,23,24). The summed E-state index contributed by atoms with van der Waals surface area (Å²) in [5, 5.41) is 3.15. The van der Waals surface area contributed by atoms with Crippen LogP contribution in [-0.2, 0) is 0 Å². The normalized spacial score (nSPS) is 10.2. The molecule has 0 unspecified atom stereocenters. The Morgan fingerprint density at radius 1 is 1.08 bits per heavy atom. The number of benzene rings is 2. The van der Waals surface area contributed by atoms with Crippen molar-refractivity contribution in [3.05, 3.63) is 77.6 Å². The summed E-state index contributed by atoms with van der Waals surface area (Å²) >= 11 is 6.31. The fourth-order valence-corrected chi connectivity index (χ4v) is 2.51. The lowest BCUT2D eigenvalue weighted by molar-refractivity contribution is 0.102. The third-order valence-electron chi connectivity index (χ3n) is 3.48. The van der Waals surface area contributed by atoms with Crippen molar-refractivity contribution >= 4 is 23.2 Å². The molecule has 1 aromatic heterocycles. The molecule has 0 atom stereocenters. The molecule has 0 bridgehead atoms. The minimum Gasteiger partial charge on any atom is -0.490 e. The van der Waals surface area contributed by atoms with E-state index >= 15 is 0 Å². The van der Waals surface area contributed by atoms with Crippen molar-refractivity contribution in [1.82, 2.24) is 4.98 Å². The lowest BCUT2D eigenvalue weighted by Gasteiger charge is -2.13. The minimum atomic E-state index is -0.260. The number of hydrogen-bond acceptors (Lipinski definition) is 4. The number of carbonyl (C=O) groups is 1. The second-order valence-corrected chi connectivity index (χ2v) is 5.73. The van der Waals surface area contributed by atoms with Crippen molar-refractivity contribution in [3.8, 4) is 17.2 Å². The number of aromatic nitrogens is 1. The SMILES string of the molecule is CCOc1ccccc1Oc1ccc(NC(=O)c2cccnc2)cc1Cl. The summed E-state index contributed by atoms with van der Waals surface area (Å²) in [6.07, 6.45) is 3.11. The van der Waals surface area contributed by atoms with E-state index in [0.717, 1.165) is 0 Å². The average Bonchev–Trinajstić information content (AvgIpc) is 2.66. The number of nitrogens with zero attached hydrogens (tertiary/aromatic N) is 1. The maximum atomic E-state index is 12.2. The van der Waals surface area contributed by atoms with Gasteiger partial charge >= 0.3 is 0 Å². The van der Waals surface area contributed by atoms with Crippen LogP contribution in [0.25, 0.3) is 0 Å². The third kappa shape index (κ3) is 4.32. The number of amides is 1. The Balaban J connectivity index is 1.75. The first-order chi connectivity index (χ1) is 12.7. The summed E-state index contributed by atoms with van der Waals surface area (Å²) in [6, 6.07) is 15.8. The Bertz CT molecular complexity index is 901. The Hall–Kier alpha value is -3.05. The second kappa shape index (κ2) is 8.36. The molecule has 132 valence electrons. The molecule has 0 aliphatic rings. The van der Waals surface area contributed by atoms with Crippen molar-refractivity contribution in [2.45, 2.75) is 6.92 Å². The van der Waals surface area contributed by atoms with E-state index in [1.54, 1.807) is 42.6 Å². The van der Waals surface area contributed by atoms with Gasteiger partial charge in [-0.3, -0.25) is 9.78 Å². The van der Waals surface area contributed by atoms with Crippen LogP contribution in [0.3, 0.4) is 0 Å². The quantitative estimate of drug-likeness (QED) is 0.651. The third-order valence-corrected chi connectivity index (χ3v) is 3.78.